The molecule has 172 valence electrons. The largest absolute Gasteiger partial charge is 0.398 e. The third-order valence-corrected chi connectivity index (χ3v) is 7.24. The van der Waals surface area contributed by atoms with E-state index in [-0.39, 0.29) is 5.54 Å². The molecule has 7 nitrogen and oxygen atoms in total. The molecule has 9 heteroatoms. The highest BCUT2D eigenvalue weighted by atomic mass is 32.1. The van der Waals surface area contributed by atoms with E-state index in [4.69, 9.17) is 10.5 Å². The van der Waals surface area contributed by atoms with E-state index in [0.29, 0.717) is 12.3 Å². The van der Waals surface area contributed by atoms with Gasteiger partial charge < -0.3 is 20.7 Å². The van der Waals surface area contributed by atoms with E-state index in [0.717, 1.165) is 34.1 Å². The van der Waals surface area contributed by atoms with Crippen molar-refractivity contribution in [3.05, 3.63) is 35.0 Å². The first kappa shape index (κ1) is 24.3. The SMILES string of the molecule is COCC(C)(C)N(C)C=O.Nc1ccc(Nc2ncnc3sc4c(c23)CCCC4)cc1S. The summed E-state index contributed by atoms with van der Waals surface area (Å²) < 4.78 is 4.93. The smallest absolute Gasteiger partial charge is 0.209 e. The number of nitrogens with zero attached hydrogens (tertiary/aromatic N) is 3. The Labute approximate surface area is 198 Å². The van der Waals surface area contributed by atoms with Gasteiger partial charge in [0.1, 0.15) is 17.0 Å². The van der Waals surface area contributed by atoms with Crippen molar-refractivity contribution in [2.24, 2.45) is 0 Å². The van der Waals surface area contributed by atoms with Crippen LogP contribution in [0.25, 0.3) is 10.2 Å². The average Bonchev–Trinajstić information content (AvgIpc) is 3.16. The van der Waals surface area contributed by atoms with Gasteiger partial charge in [-0.3, -0.25) is 4.79 Å². The molecule has 2 heterocycles. The van der Waals surface area contributed by atoms with Crippen molar-refractivity contribution in [3.63, 3.8) is 0 Å². The third-order valence-electron chi connectivity index (χ3n) is 5.66. The van der Waals surface area contributed by atoms with Gasteiger partial charge >= 0.3 is 0 Å². The van der Waals surface area contributed by atoms with E-state index >= 15 is 0 Å². The molecule has 3 aromatic rings. The third kappa shape index (κ3) is 5.51. The number of thiophene rings is 1. The maximum absolute atomic E-state index is 10.3. The zero-order valence-electron chi connectivity index (χ0n) is 19.0. The number of aryl methyl sites for hydroxylation is 2. The molecular weight excluding hydrogens is 442 g/mol. The lowest BCUT2D eigenvalue weighted by Gasteiger charge is -2.31. The van der Waals surface area contributed by atoms with Crippen LogP contribution in [0.4, 0.5) is 17.2 Å². The summed E-state index contributed by atoms with van der Waals surface area (Å²) in [6.07, 6.45) is 7.24. The first-order chi connectivity index (χ1) is 15.3. The van der Waals surface area contributed by atoms with Gasteiger partial charge in [0.15, 0.2) is 0 Å². The fraction of sp³-hybridized carbons (Fsp3) is 0.435. The van der Waals surface area contributed by atoms with Crippen LogP contribution >= 0.6 is 24.0 Å². The molecule has 0 unspecified atom stereocenters. The standard InChI is InChI=1S/C16H16N4S2.C7H15NO2/c17-11-6-5-9(7-12(11)21)20-15-14-10-3-1-2-4-13(10)22-16(14)19-8-18-15;1-7(2,5-10-4)8(3)6-9/h5-8,21H,1-4,17H2,(H,18,19,20);6H,5H2,1-4H3. The van der Waals surface area contributed by atoms with Gasteiger partial charge in [0.2, 0.25) is 6.41 Å². The first-order valence-corrected chi connectivity index (χ1v) is 11.8. The van der Waals surface area contributed by atoms with Gasteiger partial charge in [-0.1, -0.05) is 0 Å². The molecule has 4 rings (SSSR count). The van der Waals surface area contributed by atoms with Crippen LogP contribution in [0.5, 0.6) is 0 Å². The van der Waals surface area contributed by atoms with Crippen LogP contribution in [0.15, 0.2) is 29.4 Å². The van der Waals surface area contributed by atoms with Crippen molar-refractivity contribution in [2.45, 2.75) is 50.0 Å². The Morgan fingerprint density at radius 3 is 2.75 bits per heavy atom. The molecule has 0 atom stereocenters. The van der Waals surface area contributed by atoms with Crippen molar-refractivity contribution >= 4 is 57.8 Å². The Bertz CT molecular complexity index is 1080. The second kappa shape index (κ2) is 10.5. The van der Waals surface area contributed by atoms with Crippen LogP contribution in [0.2, 0.25) is 0 Å². The number of aromatic nitrogens is 2. The lowest BCUT2D eigenvalue weighted by atomic mass is 9.97. The van der Waals surface area contributed by atoms with Crippen molar-refractivity contribution in [1.82, 2.24) is 14.9 Å². The molecule has 0 spiro atoms. The van der Waals surface area contributed by atoms with Crippen LogP contribution in [0.3, 0.4) is 0 Å². The molecule has 3 N–H and O–H groups in total. The number of nitrogen functional groups attached to an aromatic ring is 1. The lowest BCUT2D eigenvalue weighted by Crippen LogP contribution is -2.43. The van der Waals surface area contributed by atoms with Crippen molar-refractivity contribution in [3.8, 4) is 0 Å². The van der Waals surface area contributed by atoms with E-state index < -0.39 is 0 Å². The molecule has 0 saturated carbocycles. The molecule has 0 saturated heterocycles. The molecule has 0 radical (unpaired) electrons. The number of methoxy groups -OCH3 is 1. The molecule has 2 aromatic heterocycles. The maximum Gasteiger partial charge on any atom is 0.209 e. The summed E-state index contributed by atoms with van der Waals surface area (Å²) >= 11 is 6.18. The van der Waals surface area contributed by atoms with Crippen LogP contribution in [0.1, 0.15) is 37.1 Å². The van der Waals surface area contributed by atoms with Gasteiger partial charge in [-0.2, -0.15) is 0 Å². The van der Waals surface area contributed by atoms with Crippen molar-refractivity contribution in [1.29, 1.82) is 0 Å². The summed E-state index contributed by atoms with van der Waals surface area (Å²) in [6, 6.07) is 5.72. The van der Waals surface area contributed by atoms with Gasteiger partial charge in [-0.15, -0.1) is 24.0 Å². The summed E-state index contributed by atoms with van der Waals surface area (Å²) in [5, 5.41) is 4.58. The molecule has 0 aliphatic heterocycles. The first-order valence-electron chi connectivity index (χ1n) is 10.5. The van der Waals surface area contributed by atoms with E-state index in [1.54, 1.807) is 36.7 Å². The van der Waals surface area contributed by atoms with Crippen LogP contribution in [-0.4, -0.2) is 47.6 Å². The Hall–Kier alpha value is -2.36. The molecule has 1 amide bonds. The molecule has 0 fully saturated rings. The van der Waals surface area contributed by atoms with E-state index in [1.165, 1.54) is 35.1 Å². The van der Waals surface area contributed by atoms with E-state index in [9.17, 15) is 4.79 Å². The van der Waals surface area contributed by atoms with Crippen molar-refractivity contribution < 1.29 is 9.53 Å². The Kier molecular flexibility index (Phi) is 7.97. The van der Waals surface area contributed by atoms with Gasteiger partial charge in [0.05, 0.1) is 17.5 Å². The van der Waals surface area contributed by atoms with Gasteiger partial charge in [0, 0.05) is 35.3 Å². The van der Waals surface area contributed by atoms with E-state index in [2.05, 4.69) is 27.9 Å². The van der Waals surface area contributed by atoms with Crippen LogP contribution < -0.4 is 11.1 Å². The molecule has 1 aliphatic carbocycles. The number of benzene rings is 1. The lowest BCUT2D eigenvalue weighted by molar-refractivity contribution is -0.122. The number of anilines is 3. The number of nitrogens with one attached hydrogen (secondary N) is 1. The summed E-state index contributed by atoms with van der Waals surface area (Å²) in [4.78, 5) is 24.1. The molecule has 0 bridgehead atoms. The number of likely N-dealkylation sites (N-methyl/N-ethyl adjacent to an activating group) is 1. The quantitative estimate of drug-likeness (QED) is 0.273. The molecule has 1 aliphatic rings. The molecule has 1 aromatic carbocycles. The van der Waals surface area contributed by atoms with E-state index in [1.807, 2.05) is 32.0 Å². The summed E-state index contributed by atoms with van der Waals surface area (Å²) in [5.41, 5.74) is 8.66. The zero-order valence-corrected chi connectivity index (χ0v) is 20.7. The second-order valence-corrected chi connectivity index (χ2v) is 10.0. The number of fused-ring (bicyclic) bond motifs is 3. The second-order valence-electron chi connectivity index (χ2n) is 8.47. The van der Waals surface area contributed by atoms with Gasteiger partial charge in [-0.25, -0.2) is 9.97 Å². The minimum atomic E-state index is -0.198. The van der Waals surface area contributed by atoms with Crippen LogP contribution in [0, 0.1) is 0 Å². The maximum atomic E-state index is 10.3. The fourth-order valence-electron chi connectivity index (χ4n) is 3.54. The molecular formula is C23H31N5O2S2. The van der Waals surface area contributed by atoms with Crippen molar-refractivity contribution in [2.75, 3.05) is 31.8 Å². The monoisotopic (exact) mass is 473 g/mol. The highest BCUT2D eigenvalue weighted by Gasteiger charge is 2.21. The highest BCUT2D eigenvalue weighted by Crippen LogP contribution is 2.39. The highest BCUT2D eigenvalue weighted by molar-refractivity contribution is 7.80. The average molecular weight is 474 g/mol. The van der Waals surface area contributed by atoms with Crippen LogP contribution in [-0.2, 0) is 22.4 Å². The fourth-order valence-corrected chi connectivity index (χ4v) is 4.98. The number of thiol groups is 1. The summed E-state index contributed by atoms with van der Waals surface area (Å²) in [7, 11) is 3.37. The zero-order chi connectivity index (χ0) is 23.3. The Morgan fingerprint density at radius 1 is 1.31 bits per heavy atom. The Morgan fingerprint density at radius 2 is 2.06 bits per heavy atom. The summed E-state index contributed by atoms with van der Waals surface area (Å²) in [5.74, 6) is 0.877. The number of hydrogen-bond donors (Lipinski definition) is 3. The molecule has 32 heavy (non-hydrogen) atoms. The van der Waals surface area contributed by atoms with Gasteiger partial charge in [-0.05, 0) is 63.3 Å². The Balaban J connectivity index is 0.000000247. The normalized spacial score (nSPS) is 13.2. The topological polar surface area (TPSA) is 93.4 Å². The number of amides is 1. The van der Waals surface area contributed by atoms with Gasteiger partial charge in [0.25, 0.3) is 0 Å². The number of carbonyl (C=O) groups is 1. The predicted octanol–water partition coefficient (Wildman–Crippen LogP) is 4.68. The minimum absolute atomic E-state index is 0.198. The number of ether oxygens (including phenoxy) is 1. The number of carbonyl (C=O) groups excluding carboxylic acids is 1. The number of nitrogens with two attached hydrogens (primary N) is 1. The predicted molar refractivity (Wildman–Crippen MR) is 135 cm³/mol. The minimum Gasteiger partial charge on any atom is -0.398 e. The number of rotatable bonds is 6. The number of hydrogen-bond acceptors (Lipinski definition) is 8. The summed E-state index contributed by atoms with van der Waals surface area (Å²) in [6.45, 7) is 4.46.